The van der Waals surface area contributed by atoms with Crippen molar-refractivity contribution in [3.05, 3.63) is 37.0 Å². The van der Waals surface area contributed by atoms with E-state index < -0.39 is 5.60 Å². The molecule has 73 heavy (non-hydrogen) atoms. The average molecular weight is 1050 g/mol. The quantitative estimate of drug-likeness (QED) is 0.0393. The van der Waals surface area contributed by atoms with Gasteiger partial charge in [-0.3, -0.25) is 0 Å². The molecule has 1 fully saturated rings. The molecule has 0 N–H and O–H groups in total. The topological polar surface area (TPSA) is 129 Å². The van der Waals surface area contributed by atoms with Crippen LogP contribution in [0.25, 0.3) is 0 Å². The lowest BCUT2D eigenvalue weighted by molar-refractivity contribution is -0.210. The van der Waals surface area contributed by atoms with Crippen LogP contribution in [0, 0.1) is 24.7 Å². The van der Waals surface area contributed by atoms with E-state index in [9.17, 15) is 0 Å². The molecule has 1 saturated heterocycles. The fourth-order valence-electron chi connectivity index (χ4n) is 3.54. The summed E-state index contributed by atoms with van der Waals surface area (Å²) in [7, 11) is 1.56. The minimum atomic E-state index is -0.504. The Morgan fingerprint density at radius 1 is 0.575 bits per heavy atom. The van der Waals surface area contributed by atoms with Crippen LogP contribution in [0.15, 0.2) is 37.0 Å². The largest absolute Gasteiger partial charge is 0.359 e. The lowest BCUT2D eigenvalue weighted by atomic mass is 10.1. The summed E-state index contributed by atoms with van der Waals surface area (Å²) in [6, 6.07) is 0. The Morgan fingerprint density at radius 2 is 1.01 bits per heavy atom. The van der Waals surface area contributed by atoms with Gasteiger partial charge in [-0.05, 0) is 178 Å². The Balaban J connectivity index is -0.000000180. The predicted octanol–water partition coefficient (Wildman–Crippen LogP) is 14.0. The monoisotopic (exact) mass is 1050 g/mol. The molecule has 0 amide bonds. The number of hydrogen-bond donors (Lipinski definition) is 0. The summed E-state index contributed by atoms with van der Waals surface area (Å²) in [6.07, 6.45) is 21.5. The maximum Gasteiger partial charge on any atom is 0.158 e. The van der Waals surface area contributed by atoms with Crippen LogP contribution < -0.4 is 0 Å². The number of ether oxygens (including phenoxy) is 14. The molecule has 14 heteroatoms. The standard InChI is InChI=1S/C10H20O2.2C9H18O2.C8H18O2.C8H16O2.C8H14O2.C7H12O2/c1-5-6-7-8-11-9-12-10(2,3)4;1-9(2,3)11-8-6-4-5-7-10-8;1-8(2)6-10-7-11-9(3,4)5;3*1-5-6-9-7-10-8(2,3)4;1-5-7(2,3)9-6-8-4/h6-7H,5,8-9H2,1-4H3;8H,4-7H2,1-3H3;1,6-7H2,2-5H3;5-7H2,1-4H3;5H,1,6-7H2,2-4H3;1H,6-7H2,2-4H3;1H,6H2,2-4H3/b7-6+;;;;;;. The highest BCUT2D eigenvalue weighted by Gasteiger charge is 2.21. The van der Waals surface area contributed by atoms with E-state index in [0.717, 1.165) is 38.0 Å². The first-order valence-corrected chi connectivity index (χ1v) is 25.7. The lowest BCUT2D eigenvalue weighted by Gasteiger charge is -2.29. The summed E-state index contributed by atoms with van der Waals surface area (Å²) >= 11 is 0. The summed E-state index contributed by atoms with van der Waals surface area (Å²) in [6.45, 7) is 58.8. The summed E-state index contributed by atoms with van der Waals surface area (Å²) in [5.74, 6) is 4.83. The molecule has 0 aromatic rings. The maximum atomic E-state index is 5.66. The highest BCUT2D eigenvalue weighted by Crippen LogP contribution is 2.20. The van der Waals surface area contributed by atoms with Gasteiger partial charge in [0.15, 0.2) is 6.29 Å². The van der Waals surface area contributed by atoms with Crippen LogP contribution in [-0.2, 0) is 66.3 Å². The average Bonchev–Trinajstić information content (AvgIpc) is 3.24. The van der Waals surface area contributed by atoms with Crippen molar-refractivity contribution in [3.63, 3.8) is 0 Å². The first kappa shape index (κ1) is 82.1. The zero-order chi connectivity index (χ0) is 58.1. The number of terminal acetylenes is 2. The van der Waals surface area contributed by atoms with Crippen molar-refractivity contribution in [1.82, 2.24) is 0 Å². The zero-order valence-electron chi connectivity index (χ0n) is 51.6. The molecule has 0 aromatic carbocycles. The maximum absolute atomic E-state index is 5.66. The molecule has 14 nitrogen and oxygen atoms in total. The molecule has 0 bridgehead atoms. The van der Waals surface area contributed by atoms with Crippen molar-refractivity contribution < 1.29 is 66.3 Å². The van der Waals surface area contributed by atoms with E-state index in [2.05, 4.69) is 70.4 Å². The van der Waals surface area contributed by atoms with E-state index in [4.69, 9.17) is 74.4 Å². The highest BCUT2D eigenvalue weighted by molar-refractivity contribution is 5.02. The molecular formula is C59H116O14. The van der Waals surface area contributed by atoms with Gasteiger partial charge in [-0.2, -0.15) is 0 Å². The van der Waals surface area contributed by atoms with E-state index in [0.29, 0.717) is 53.6 Å². The minimum absolute atomic E-state index is 0.0451. The summed E-state index contributed by atoms with van der Waals surface area (Å²) in [5, 5.41) is 0. The second-order valence-electron chi connectivity index (χ2n) is 22.8. The lowest BCUT2D eigenvalue weighted by Crippen LogP contribution is -2.31. The van der Waals surface area contributed by atoms with E-state index in [1.165, 1.54) is 12.8 Å². The van der Waals surface area contributed by atoms with Gasteiger partial charge in [0.2, 0.25) is 0 Å². The van der Waals surface area contributed by atoms with Crippen molar-refractivity contribution in [3.8, 4) is 24.7 Å². The Bertz CT molecular complexity index is 1320. The molecule has 1 rings (SSSR count). The van der Waals surface area contributed by atoms with Crippen LogP contribution in [-0.4, -0.2) is 133 Å². The fraction of sp³-hybridized carbons (Fsp3) is 0.831. The highest BCUT2D eigenvalue weighted by atomic mass is 16.7. The van der Waals surface area contributed by atoms with Gasteiger partial charge < -0.3 is 66.3 Å². The van der Waals surface area contributed by atoms with Gasteiger partial charge in [0.1, 0.15) is 53.0 Å². The van der Waals surface area contributed by atoms with E-state index >= 15 is 0 Å². The Hall–Kier alpha value is -2.22. The second kappa shape index (κ2) is 49.4. The first-order valence-electron chi connectivity index (χ1n) is 25.7. The molecule has 1 unspecified atom stereocenters. The van der Waals surface area contributed by atoms with Crippen molar-refractivity contribution in [1.29, 1.82) is 0 Å². The van der Waals surface area contributed by atoms with Gasteiger partial charge in [-0.25, -0.2) is 0 Å². The van der Waals surface area contributed by atoms with Crippen molar-refractivity contribution in [2.24, 2.45) is 0 Å². The molecule has 1 aliphatic heterocycles. The fourth-order valence-corrected chi connectivity index (χ4v) is 3.54. The molecule has 0 aliphatic carbocycles. The molecule has 1 heterocycles. The van der Waals surface area contributed by atoms with Crippen LogP contribution in [0.2, 0.25) is 0 Å². The number of allylic oxidation sites excluding steroid dienone is 1. The Labute approximate surface area is 450 Å². The van der Waals surface area contributed by atoms with Gasteiger partial charge in [0.05, 0.1) is 53.4 Å². The van der Waals surface area contributed by atoms with Crippen LogP contribution in [0.4, 0.5) is 0 Å². The minimum Gasteiger partial charge on any atom is -0.359 e. The molecule has 0 aromatic heterocycles. The molecule has 0 saturated carbocycles. The molecule has 1 aliphatic rings. The molecule has 436 valence electrons. The summed E-state index contributed by atoms with van der Waals surface area (Å²) in [5.41, 5.74) is -0.104. The molecule has 0 radical (unpaired) electrons. The number of methoxy groups -OCH3 is 1. The predicted molar refractivity (Wildman–Crippen MR) is 302 cm³/mol. The molecular weight excluding hydrogens is 933 g/mol. The first-order chi connectivity index (χ1) is 33.4. The van der Waals surface area contributed by atoms with Crippen LogP contribution in [0.1, 0.15) is 191 Å². The van der Waals surface area contributed by atoms with E-state index in [1.807, 2.05) is 131 Å². The third-order valence-corrected chi connectivity index (χ3v) is 7.12. The van der Waals surface area contributed by atoms with Crippen molar-refractivity contribution in [2.75, 3.05) is 87.5 Å². The van der Waals surface area contributed by atoms with Gasteiger partial charge in [0.25, 0.3) is 0 Å². The zero-order valence-corrected chi connectivity index (χ0v) is 51.6. The van der Waals surface area contributed by atoms with Crippen LogP contribution in [0.5, 0.6) is 0 Å². The summed E-state index contributed by atoms with van der Waals surface area (Å²) in [4.78, 5) is 0. The van der Waals surface area contributed by atoms with E-state index in [1.54, 1.807) is 13.2 Å². The third kappa shape index (κ3) is 99.4. The Morgan fingerprint density at radius 3 is 1.36 bits per heavy atom. The second-order valence-corrected chi connectivity index (χ2v) is 22.8. The van der Waals surface area contributed by atoms with Gasteiger partial charge in [-0.15, -0.1) is 19.4 Å². The molecule has 1 atom stereocenters. The number of rotatable bonds is 24. The van der Waals surface area contributed by atoms with Crippen LogP contribution >= 0.6 is 0 Å². The summed E-state index contributed by atoms with van der Waals surface area (Å²) < 4.78 is 72.7. The van der Waals surface area contributed by atoms with E-state index in [-0.39, 0.29) is 53.5 Å². The molecule has 0 spiro atoms. The SMILES string of the molecule is C#CC(C)(C)OCOC.C#CCOCOC(C)(C)C.C=C(C)COCOC(C)(C)C.C=CCOCOC(C)(C)C.CC(C)(C)OC1CCCCO1.CC/C=C/COCOC(C)(C)C.CCCOCOC(C)(C)C. The van der Waals surface area contributed by atoms with Crippen LogP contribution in [0.3, 0.4) is 0 Å². The van der Waals surface area contributed by atoms with Gasteiger partial charge in [0, 0.05) is 20.3 Å². The Kier molecular flexibility index (Phi) is 55.5. The van der Waals surface area contributed by atoms with Gasteiger partial charge >= 0.3 is 0 Å². The van der Waals surface area contributed by atoms with Gasteiger partial charge in [-0.1, -0.05) is 56.1 Å². The number of hydrogen-bond acceptors (Lipinski definition) is 14. The third-order valence-electron chi connectivity index (χ3n) is 7.12. The van der Waals surface area contributed by atoms with Crippen molar-refractivity contribution >= 4 is 0 Å². The van der Waals surface area contributed by atoms with Crippen molar-refractivity contribution in [2.45, 2.75) is 237 Å². The smallest absolute Gasteiger partial charge is 0.158 e. The normalized spacial score (nSPS) is 14.0.